The van der Waals surface area contributed by atoms with Gasteiger partial charge in [-0.3, -0.25) is 4.79 Å². The second-order valence-electron chi connectivity index (χ2n) is 6.62. The molecule has 0 N–H and O–H groups in total. The van der Waals surface area contributed by atoms with Gasteiger partial charge in [-0.2, -0.15) is 4.98 Å². The van der Waals surface area contributed by atoms with E-state index in [0.29, 0.717) is 31.3 Å². The molecule has 3 rings (SSSR count). The van der Waals surface area contributed by atoms with E-state index in [1.165, 1.54) is 25.7 Å². The third kappa shape index (κ3) is 4.10. The normalized spacial score (nSPS) is 22.1. The van der Waals surface area contributed by atoms with Gasteiger partial charge in [0.15, 0.2) is 5.82 Å². The highest BCUT2D eigenvalue weighted by Crippen LogP contribution is 2.33. The van der Waals surface area contributed by atoms with E-state index in [4.69, 9.17) is 9.26 Å². The molecular weight excluding hydrogens is 294 g/mol. The van der Waals surface area contributed by atoms with Crippen LogP contribution >= 0.6 is 0 Å². The van der Waals surface area contributed by atoms with Crippen molar-refractivity contribution in [1.29, 1.82) is 0 Å². The van der Waals surface area contributed by atoms with Crippen molar-refractivity contribution in [2.24, 2.45) is 5.92 Å². The summed E-state index contributed by atoms with van der Waals surface area (Å²) in [5.41, 5.74) is 0. The first-order valence-corrected chi connectivity index (χ1v) is 8.97. The molecule has 1 unspecified atom stereocenters. The van der Waals surface area contributed by atoms with E-state index >= 15 is 0 Å². The summed E-state index contributed by atoms with van der Waals surface area (Å²) in [4.78, 5) is 18.9. The topological polar surface area (TPSA) is 68.5 Å². The zero-order valence-corrected chi connectivity index (χ0v) is 14.0. The third-order valence-electron chi connectivity index (χ3n) is 5.03. The predicted molar refractivity (Wildman–Crippen MR) is 84.5 cm³/mol. The first-order chi connectivity index (χ1) is 11.3. The van der Waals surface area contributed by atoms with E-state index in [-0.39, 0.29) is 11.9 Å². The van der Waals surface area contributed by atoms with Crippen molar-refractivity contribution in [3.8, 4) is 0 Å². The van der Waals surface area contributed by atoms with Crippen LogP contribution in [0.5, 0.6) is 0 Å². The lowest BCUT2D eigenvalue weighted by Gasteiger charge is -2.23. The fraction of sp³-hybridized carbons (Fsp3) is 0.824. The Labute approximate surface area is 137 Å². The number of aromatic nitrogens is 2. The van der Waals surface area contributed by atoms with Gasteiger partial charge in [0.25, 0.3) is 5.89 Å². The summed E-state index contributed by atoms with van der Waals surface area (Å²) in [6.45, 7) is 3.70. The summed E-state index contributed by atoms with van der Waals surface area (Å²) in [7, 11) is 0. The van der Waals surface area contributed by atoms with Gasteiger partial charge >= 0.3 is 0 Å². The minimum Gasteiger partial charge on any atom is -0.372 e. The van der Waals surface area contributed by atoms with Gasteiger partial charge in [0, 0.05) is 19.6 Å². The number of nitrogens with zero attached hydrogens (tertiary/aromatic N) is 3. The van der Waals surface area contributed by atoms with Gasteiger partial charge in [0.05, 0.1) is 6.04 Å². The molecule has 23 heavy (non-hydrogen) atoms. The summed E-state index contributed by atoms with van der Waals surface area (Å²) in [5.74, 6) is 2.12. The summed E-state index contributed by atoms with van der Waals surface area (Å²) >= 11 is 0. The van der Waals surface area contributed by atoms with E-state index in [1.54, 1.807) is 0 Å². The Morgan fingerprint density at radius 1 is 1.30 bits per heavy atom. The maximum Gasteiger partial charge on any atom is 0.252 e. The molecule has 1 saturated carbocycles. The van der Waals surface area contributed by atoms with Crippen molar-refractivity contribution in [3.05, 3.63) is 11.7 Å². The molecule has 2 aliphatic rings. The Morgan fingerprint density at radius 2 is 2.13 bits per heavy atom. The van der Waals surface area contributed by atoms with Crippen LogP contribution in [0.15, 0.2) is 4.52 Å². The zero-order chi connectivity index (χ0) is 16.1. The van der Waals surface area contributed by atoms with E-state index in [9.17, 15) is 4.79 Å². The lowest BCUT2D eigenvalue weighted by Crippen LogP contribution is -2.31. The molecule has 0 radical (unpaired) electrons. The van der Waals surface area contributed by atoms with E-state index in [1.807, 2.05) is 11.8 Å². The largest absolute Gasteiger partial charge is 0.372 e. The van der Waals surface area contributed by atoms with Crippen LogP contribution < -0.4 is 0 Å². The van der Waals surface area contributed by atoms with Gasteiger partial charge in [0.2, 0.25) is 5.91 Å². The number of amides is 1. The minimum atomic E-state index is -0.0230. The number of rotatable bonds is 7. The Kier molecular flexibility index (Phi) is 5.65. The Morgan fingerprint density at radius 3 is 2.91 bits per heavy atom. The summed E-state index contributed by atoms with van der Waals surface area (Å²) in [5, 5.41) is 4.06. The molecule has 6 heteroatoms. The predicted octanol–water partition coefficient (Wildman–Crippen LogP) is 3.24. The standard InChI is InChI=1S/C17H27N3O3/c1-2-22-12-15-18-17(19-23-15)14-8-5-11-20(14)16(21)10-9-13-6-3-4-7-13/h13-14H,2-12H2,1H3. The SMILES string of the molecule is CCOCc1nc(C2CCCN2C(=O)CCC2CCCC2)no1. The van der Waals surface area contributed by atoms with E-state index in [2.05, 4.69) is 10.1 Å². The molecule has 1 aliphatic carbocycles. The van der Waals surface area contributed by atoms with Crippen molar-refractivity contribution in [2.45, 2.75) is 70.9 Å². The zero-order valence-electron chi connectivity index (χ0n) is 14.0. The number of ether oxygens (including phenoxy) is 1. The summed E-state index contributed by atoms with van der Waals surface area (Å²) in [6.07, 6.45) is 8.87. The van der Waals surface area contributed by atoms with Gasteiger partial charge in [-0.05, 0) is 32.1 Å². The van der Waals surface area contributed by atoms with Crippen LogP contribution in [0.1, 0.15) is 76.0 Å². The molecular formula is C17H27N3O3. The highest BCUT2D eigenvalue weighted by molar-refractivity contribution is 5.76. The average Bonchev–Trinajstić information content (AvgIpc) is 3.31. The van der Waals surface area contributed by atoms with Gasteiger partial charge in [-0.15, -0.1) is 0 Å². The highest BCUT2D eigenvalue weighted by atomic mass is 16.5. The van der Waals surface area contributed by atoms with Gasteiger partial charge in [-0.1, -0.05) is 30.8 Å². The van der Waals surface area contributed by atoms with Crippen molar-refractivity contribution < 1.29 is 14.1 Å². The molecule has 0 bridgehead atoms. The number of likely N-dealkylation sites (tertiary alicyclic amines) is 1. The smallest absolute Gasteiger partial charge is 0.252 e. The van der Waals surface area contributed by atoms with Crippen LogP contribution in [-0.2, 0) is 16.1 Å². The van der Waals surface area contributed by atoms with Gasteiger partial charge < -0.3 is 14.2 Å². The van der Waals surface area contributed by atoms with Crippen LogP contribution in [0.3, 0.4) is 0 Å². The first-order valence-electron chi connectivity index (χ1n) is 8.97. The highest BCUT2D eigenvalue weighted by Gasteiger charge is 2.33. The Bertz CT molecular complexity index is 511. The molecule has 1 aromatic rings. The Hall–Kier alpha value is -1.43. The van der Waals surface area contributed by atoms with Crippen LogP contribution in [-0.4, -0.2) is 34.1 Å². The summed E-state index contributed by atoms with van der Waals surface area (Å²) < 4.78 is 10.5. The maximum absolute atomic E-state index is 12.6. The molecule has 1 amide bonds. The monoisotopic (exact) mass is 321 g/mol. The number of hydrogen-bond acceptors (Lipinski definition) is 5. The molecule has 0 aromatic carbocycles. The minimum absolute atomic E-state index is 0.0230. The van der Waals surface area contributed by atoms with Crippen molar-refractivity contribution in [1.82, 2.24) is 15.0 Å². The Balaban J connectivity index is 1.55. The lowest BCUT2D eigenvalue weighted by atomic mass is 10.0. The quantitative estimate of drug-likeness (QED) is 0.771. The van der Waals surface area contributed by atoms with Crippen LogP contribution in [0.2, 0.25) is 0 Å². The van der Waals surface area contributed by atoms with E-state index in [0.717, 1.165) is 31.7 Å². The number of hydrogen-bond donors (Lipinski definition) is 0. The third-order valence-corrected chi connectivity index (χ3v) is 5.03. The van der Waals surface area contributed by atoms with E-state index < -0.39 is 0 Å². The fourth-order valence-corrected chi connectivity index (χ4v) is 3.76. The second kappa shape index (κ2) is 7.90. The molecule has 2 fully saturated rings. The van der Waals surface area contributed by atoms with Crippen molar-refractivity contribution in [2.75, 3.05) is 13.2 Å². The molecule has 128 valence electrons. The average molecular weight is 321 g/mol. The van der Waals surface area contributed by atoms with Crippen LogP contribution in [0, 0.1) is 5.92 Å². The van der Waals surface area contributed by atoms with Crippen molar-refractivity contribution >= 4 is 5.91 Å². The van der Waals surface area contributed by atoms with Crippen LogP contribution in [0.4, 0.5) is 0 Å². The van der Waals surface area contributed by atoms with Gasteiger partial charge in [0.1, 0.15) is 6.61 Å². The van der Waals surface area contributed by atoms with Crippen molar-refractivity contribution in [3.63, 3.8) is 0 Å². The molecule has 6 nitrogen and oxygen atoms in total. The van der Waals surface area contributed by atoms with Crippen LogP contribution in [0.25, 0.3) is 0 Å². The second-order valence-corrected chi connectivity index (χ2v) is 6.62. The molecule has 2 heterocycles. The molecule has 1 atom stereocenters. The lowest BCUT2D eigenvalue weighted by molar-refractivity contribution is -0.132. The molecule has 0 spiro atoms. The van der Waals surface area contributed by atoms with Gasteiger partial charge in [-0.25, -0.2) is 0 Å². The number of carbonyl (C=O) groups excluding carboxylic acids is 1. The maximum atomic E-state index is 12.6. The first kappa shape index (κ1) is 16.4. The molecule has 1 aromatic heterocycles. The molecule has 1 saturated heterocycles. The summed E-state index contributed by atoms with van der Waals surface area (Å²) in [6, 6.07) is -0.0230. The molecule has 1 aliphatic heterocycles. The number of carbonyl (C=O) groups is 1. The fourth-order valence-electron chi connectivity index (χ4n) is 3.76.